The molecule has 3 aliphatic rings. The molecule has 45 heavy (non-hydrogen) atoms. The SMILES string of the molecule is C[C@@H]1[C@H](CN2CCCCCCC2)O[C@H](c2ccc(CNC(=O)[C@@H]3CCCN3C(=O)C(F)(F)F)cc2)O[C@@H]1c1ccc(CO)cc1. The van der Waals surface area contributed by atoms with E-state index in [1.165, 1.54) is 32.1 Å². The van der Waals surface area contributed by atoms with Gasteiger partial charge in [-0.2, -0.15) is 13.2 Å². The molecule has 3 saturated heterocycles. The number of hydrogen-bond donors (Lipinski definition) is 2. The molecule has 0 spiro atoms. The number of carbonyl (C=O) groups excluding carboxylic acids is 2. The minimum absolute atomic E-state index is 0.0257. The molecule has 5 atom stereocenters. The van der Waals surface area contributed by atoms with Crippen LogP contribution in [0.4, 0.5) is 13.2 Å². The van der Waals surface area contributed by atoms with Crippen LogP contribution in [0.1, 0.15) is 86.5 Å². The first-order valence-electron chi connectivity index (χ1n) is 16.1. The molecule has 2 aromatic carbocycles. The molecule has 0 saturated carbocycles. The summed E-state index contributed by atoms with van der Waals surface area (Å²) >= 11 is 0. The zero-order valence-corrected chi connectivity index (χ0v) is 25.8. The van der Waals surface area contributed by atoms with Gasteiger partial charge in [-0.1, -0.05) is 74.7 Å². The summed E-state index contributed by atoms with van der Waals surface area (Å²) in [6, 6.07) is 14.2. The summed E-state index contributed by atoms with van der Waals surface area (Å²) in [6.07, 6.45) is 0.792. The summed E-state index contributed by atoms with van der Waals surface area (Å²) in [7, 11) is 0. The fourth-order valence-electron chi connectivity index (χ4n) is 6.62. The first-order chi connectivity index (χ1) is 21.6. The van der Waals surface area contributed by atoms with Crippen molar-refractivity contribution in [1.29, 1.82) is 0 Å². The van der Waals surface area contributed by atoms with Gasteiger partial charge in [-0.25, -0.2) is 0 Å². The van der Waals surface area contributed by atoms with Gasteiger partial charge >= 0.3 is 12.1 Å². The van der Waals surface area contributed by atoms with Gasteiger partial charge in [0, 0.05) is 31.1 Å². The molecule has 3 aliphatic heterocycles. The van der Waals surface area contributed by atoms with Crippen molar-refractivity contribution in [2.45, 2.75) is 95.7 Å². The number of nitrogens with zero attached hydrogens (tertiary/aromatic N) is 2. The Bertz CT molecular complexity index is 1270. The van der Waals surface area contributed by atoms with Crippen LogP contribution < -0.4 is 5.32 Å². The maximum atomic E-state index is 13.0. The molecule has 2 aromatic rings. The zero-order chi connectivity index (χ0) is 32.0. The van der Waals surface area contributed by atoms with Gasteiger partial charge in [0.15, 0.2) is 6.29 Å². The number of benzene rings is 2. The maximum Gasteiger partial charge on any atom is 0.471 e. The second kappa shape index (κ2) is 15.1. The van der Waals surface area contributed by atoms with E-state index in [1.54, 1.807) is 0 Å². The Balaban J connectivity index is 1.26. The van der Waals surface area contributed by atoms with E-state index >= 15 is 0 Å². The molecule has 8 nitrogen and oxygen atoms in total. The number of alkyl halides is 3. The average Bonchev–Trinajstić information content (AvgIpc) is 3.51. The highest BCUT2D eigenvalue weighted by Crippen LogP contribution is 2.42. The van der Waals surface area contributed by atoms with Crippen LogP contribution in [-0.2, 0) is 32.2 Å². The predicted octanol–water partition coefficient (Wildman–Crippen LogP) is 5.41. The van der Waals surface area contributed by atoms with Gasteiger partial charge in [0.25, 0.3) is 0 Å². The van der Waals surface area contributed by atoms with Gasteiger partial charge < -0.3 is 29.7 Å². The third-order valence-electron chi connectivity index (χ3n) is 9.29. The summed E-state index contributed by atoms with van der Waals surface area (Å²) in [5, 5.41) is 12.2. The minimum atomic E-state index is -5.01. The summed E-state index contributed by atoms with van der Waals surface area (Å²) in [5.74, 6) is -2.48. The molecule has 11 heteroatoms. The van der Waals surface area contributed by atoms with Crippen LogP contribution in [0, 0.1) is 5.92 Å². The van der Waals surface area contributed by atoms with Crippen molar-refractivity contribution in [3.63, 3.8) is 0 Å². The van der Waals surface area contributed by atoms with Crippen molar-refractivity contribution in [1.82, 2.24) is 15.1 Å². The molecule has 0 aromatic heterocycles. The fourth-order valence-corrected chi connectivity index (χ4v) is 6.62. The van der Waals surface area contributed by atoms with E-state index in [0.717, 1.165) is 41.9 Å². The van der Waals surface area contributed by atoms with E-state index < -0.39 is 30.3 Å². The third kappa shape index (κ3) is 8.44. The lowest BCUT2D eigenvalue weighted by atomic mass is 9.89. The number of rotatable bonds is 8. The van der Waals surface area contributed by atoms with Crippen LogP contribution in [0.2, 0.25) is 0 Å². The Morgan fingerprint density at radius 1 is 0.867 bits per heavy atom. The molecular formula is C34H44F3N3O5. The molecule has 3 heterocycles. The predicted molar refractivity (Wildman–Crippen MR) is 162 cm³/mol. The molecule has 2 amide bonds. The monoisotopic (exact) mass is 631 g/mol. The standard InChI is InChI=1S/C34H44F3N3O5/c1-23-29(21-39-17-5-3-2-4-6-18-39)44-32(45-30(23)26-13-11-25(22-41)12-14-26)27-15-9-24(10-16-27)20-38-31(42)28-8-7-19-40(28)33(43)34(35,36)37/h9-16,23,28-30,32,41H,2-8,17-22H2,1H3,(H,38,42)/t23-,28+,29+,30+,32+/m1/s1. The summed E-state index contributed by atoms with van der Waals surface area (Å²) in [5.41, 5.74) is 3.44. The van der Waals surface area contributed by atoms with E-state index in [9.17, 15) is 27.9 Å². The lowest BCUT2D eigenvalue weighted by molar-refractivity contribution is -0.276. The van der Waals surface area contributed by atoms with Crippen molar-refractivity contribution in [2.24, 2.45) is 5.92 Å². The van der Waals surface area contributed by atoms with Gasteiger partial charge in [0.05, 0.1) is 18.8 Å². The Labute approximate surface area is 262 Å². The van der Waals surface area contributed by atoms with Crippen molar-refractivity contribution in [3.8, 4) is 0 Å². The van der Waals surface area contributed by atoms with Gasteiger partial charge in [-0.15, -0.1) is 0 Å². The number of hydrogen-bond acceptors (Lipinski definition) is 6. The normalized spacial score (nSPS) is 26.7. The highest BCUT2D eigenvalue weighted by atomic mass is 19.4. The zero-order valence-electron chi connectivity index (χ0n) is 25.8. The smallest absolute Gasteiger partial charge is 0.392 e. The molecule has 246 valence electrons. The summed E-state index contributed by atoms with van der Waals surface area (Å²) in [4.78, 5) is 27.6. The Morgan fingerprint density at radius 2 is 1.49 bits per heavy atom. The molecule has 0 unspecified atom stereocenters. The topological polar surface area (TPSA) is 91.3 Å². The van der Waals surface area contributed by atoms with Crippen molar-refractivity contribution in [2.75, 3.05) is 26.2 Å². The Kier molecular flexibility index (Phi) is 11.2. The van der Waals surface area contributed by atoms with Crippen LogP contribution >= 0.6 is 0 Å². The van der Waals surface area contributed by atoms with Gasteiger partial charge in [-0.05, 0) is 55.5 Å². The van der Waals surface area contributed by atoms with Gasteiger partial charge in [0.2, 0.25) is 5.91 Å². The van der Waals surface area contributed by atoms with Crippen LogP contribution in [0.3, 0.4) is 0 Å². The van der Waals surface area contributed by atoms with Crippen molar-refractivity contribution >= 4 is 11.8 Å². The van der Waals surface area contributed by atoms with E-state index in [2.05, 4.69) is 17.1 Å². The first-order valence-corrected chi connectivity index (χ1v) is 16.1. The van der Waals surface area contributed by atoms with Crippen LogP contribution in [0.25, 0.3) is 0 Å². The first kappa shape index (κ1) is 33.4. The lowest BCUT2D eigenvalue weighted by Crippen LogP contribution is -2.50. The second-order valence-electron chi connectivity index (χ2n) is 12.5. The number of nitrogens with one attached hydrogen (secondary N) is 1. The Morgan fingerprint density at radius 3 is 2.13 bits per heavy atom. The molecule has 0 radical (unpaired) electrons. The van der Waals surface area contributed by atoms with Crippen LogP contribution in [-0.4, -0.2) is 71.2 Å². The summed E-state index contributed by atoms with van der Waals surface area (Å²) in [6.45, 7) is 5.08. The van der Waals surface area contributed by atoms with Gasteiger partial charge in [0.1, 0.15) is 6.04 Å². The quantitative estimate of drug-likeness (QED) is 0.405. The molecule has 3 fully saturated rings. The number of amides is 2. The van der Waals surface area contributed by atoms with E-state index in [4.69, 9.17) is 9.47 Å². The summed E-state index contributed by atoms with van der Waals surface area (Å²) < 4.78 is 52.1. The number of aliphatic hydroxyl groups excluding tert-OH is 1. The molecule has 0 bridgehead atoms. The number of ether oxygens (including phenoxy) is 2. The largest absolute Gasteiger partial charge is 0.471 e. The van der Waals surface area contributed by atoms with Crippen molar-refractivity contribution < 1.29 is 37.3 Å². The second-order valence-corrected chi connectivity index (χ2v) is 12.5. The number of carbonyl (C=O) groups is 2. The van der Waals surface area contributed by atoms with E-state index in [0.29, 0.717) is 11.3 Å². The molecule has 5 rings (SSSR count). The third-order valence-corrected chi connectivity index (χ3v) is 9.29. The highest BCUT2D eigenvalue weighted by molar-refractivity contribution is 5.90. The minimum Gasteiger partial charge on any atom is -0.392 e. The van der Waals surface area contributed by atoms with Gasteiger partial charge in [-0.3, -0.25) is 9.59 Å². The number of halogens is 3. The van der Waals surface area contributed by atoms with E-state index in [1.807, 2.05) is 48.5 Å². The maximum absolute atomic E-state index is 13.0. The van der Waals surface area contributed by atoms with E-state index in [-0.39, 0.29) is 44.2 Å². The lowest BCUT2D eigenvalue weighted by Gasteiger charge is -2.43. The highest BCUT2D eigenvalue weighted by Gasteiger charge is 2.47. The van der Waals surface area contributed by atoms with Crippen molar-refractivity contribution in [3.05, 3.63) is 70.8 Å². The average molecular weight is 632 g/mol. The molecular weight excluding hydrogens is 587 g/mol. The number of aliphatic hydroxyl groups is 1. The van der Waals surface area contributed by atoms with Crippen LogP contribution in [0.15, 0.2) is 48.5 Å². The molecule has 2 N–H and O–H groups in total. The fraction of sp³-hybridized carbons (Fsp3) is 0.588. The molecule has 0 aliphatic carbocycles. The Hall–Kier alpha value is -2.99. The number of likely N-dealkylation sites (tertiary alicyclic amines) is 2. The van der Waals surface area contributed by atoms with Crippen LogP contribution in [0.5, 0.6) is 0 Å².